The van der Waals surface area contributed by atoms with Crippen LogP contribution in [0.1, 0.15) is 12.8 Å². The van der Waals surface area contributed by atoms with E-state index in [1.807, 2.05) is 0 Å². The highest BCUT2D eigenvalue weighted by atomic mass is 19.3. The van der Waals surface area contributed by atoms with Crippen LogP contribution in [0.2, 0.25) is 0 Å². The van der Waals surface area contributed by atoms with Crippen molar-refractivity contribution in [1.82, 2.24) is 29.5 Å². The maximum atomic E-state index is 12.6. The topological polar surface area (TPSA) is 106 Å². The summed E-state index contributed by atoms with van der Waals surface area (Å²) in [6, 6.07) is 1.21. The molecule has 0 aliphatic carbocycles. The van der Waals surface area contributed by atoms with Gasteiger partial charge in [-0.2, -0.15) is 18.6 Å². The molecule has 4 rings (SSSR count). The number of nitrogens with zero attached hydrogens (tertiary/aromatic N) is 6. The Kier molecular flexibility index (Phi) is 4.37. The lowest BCUT2D eigenvalue weighted by molar-refractivity contribution is -0.0544. The van der Waals surface area contributed by atoms with Gasteiger partial charge in [0.1, 0.15) is 11.3 Å². The number of nitrogens with two attached hydrogens (primary N) is 1. The van der Waals surface area contributed by atoms with Gasteiger partial charge in [0.05, 0.1) is 12.4 Å². The van der Waals surface area contributed by atoms with Crippen LogP contribution < -0.4 is 10.5 Å². The largest absolute Gasteiger partial charge is 0.417 e. The minimum absolute atomic E-state index is 0.0401. The summed E-state index contributed by atoms with van der Waals surface area (Å²) in [7, 11) is 0. The second-order valence-electron chi connectivity index (χ2n) is 6.02. The van der Waals surface area contributed by atoms with Crippen molar-refractivity contribution in [2.45, 2.75) is 26.0 Å². The van der Waals surface area contributed by atoms with Gasteiger partial charge in [0, 0.05) is 25.8 Å². The Morgan fingerprint density at radius 3 is 2.88 bits per heavy atom. The Bertz CT molecular complexity index is 905. The highest BCUT2D eigenvalue weighted by Gasteiger charge is 2.19. The molecule has 26 heavy (non-hydrogen) atoms. The Hall–Kier alpha value is -2.82. The van der Waals surface area contributed by atoms with E-state index in [1.54, 1.807) is 10.9 Å². The normalized spacial score (nSPS) is 15.8. The van der Waals surface area contributed by atoms with Gasteiger partial charge in [-0.05, 0) is 18.8 Å². The molecule has 138 valence electrons. The zero-order valence-electron chi connectivity index (χ0n) is 13.8. The third-order valence-corrected chi connectivity index (χ3v) is 4.23. The highest BCUT2D eigenvalue weighted by Crippen LogP contribution is 2.23. The monoisotopic (exact) mass is 365 g/mol. The summed E-state index contributed by atoms with van der Waals surface area (Å²) in [6.07, 6.45) is 4.94. The quantitative estimate of drug-likeness (QED) is 0.732. The number of halogens is 2. The summed E-state index contributed by atoms with van der Waals surface area (Å²) in [5.41, 5.74) is 6.76. The summed E-state index contributed by atoms with van der Waals surface area (Å²) in [5, 5.41) is 8.30. The zero-order valence-corrected chi connectivity index (χ0v) is 13.8. The number of anilines is 1. The van der Waals surface area contributed by atoms with Crippen LogP contribution >= 0.6 is 0 Å². The molecule has 0 bridgehead atoms. The molecule has 4 heterocycles. The highest BCUT2D eigenvalue weighted by molar-refractivity contribution is 5.70. The number of hydrogen-bond donors (Lipinski definition) is 1. The van der Waals surface area contributed by atoms with Crippen LogP contribution in [0.4, 0.5) is 14.6 Å². The van der Waals surface area contributed by atoms with Gasteiger partial charge in [-0.25, -0.2) is 14.6 Å². The number of rotatable bonds is 5. The predicted molar refractivity (Wildman–Crippen MR) is 87.0 cm³/mol. The third kappa shape index (κ3) is 3.29. The first kappa shape index (κ1) is 16.6. The van der Waals surface area contributed by atoms with Gasteiger partial charge in [0.2, 0.25) is 5.88 Å². The van der Waals surface area contributed by atoms with Crippen molar-refractivity contribution in [3.63, 3.8) is 0 Å². The average molecular weight is 365 g/mol. The first-order valence-electron chi connectivity index (χ1n) is 8.17. The summed E-state index contributed by atoms with van der Waals surface area (Å²) in [6.45, 7) is -0.837. The smallest absolute Gasteiger partial charge is 0.388 e. The summed E-state index contributed by atoms with van der Waals surface area (Å²) in [4.78, 5) is 8.76. The molecule has 3 aromatic rings. The first-order valence-corrected chi connectivity index (χ1v) is 8.17. The molecular formula is C15H17F2N7O2. The second-order valence-corrected chi connectivity index (χ2v) is 6.02. The van der Waals surface area contributed by atoms with Crippen LogP contribution in [0.15, 0.2) is 18.5 Å². The first-order chi connectivity index (χ1) is 12.6. The molecule has 0 radical (unpaired) electrons. The molecule has 1 saturated heterocycles. The number of ether oxygens (including phenoxy) is 2. The van der Waals surface area contributed by atoms with Crippen LogP contribution in [0.5, 0.6) is 5.88 Å². The van der Waals surface area contributed by atoms with Crippen molar-refractivity contribution in [2.24, 2.45) is 5.92 Å². The van der Waals surface area contributed by atoms with E-state index in [0.29, 0.717) is 23.6 Å². The maximum Gasteiger partial charge on any atom is 0.388 e. The van der Waals surface area contributed by atoms with Gasteiger partial charge >= 0.3 is 6.61 Å². The van der Waals surface area contributed by atoms with Crippen LogP contribution in [0.3, 0.4) is 0 Å². The molecule has 0 aromatic carbocycles. The Morgan fingerprint density at radius 2 is 2.12 bits per heavy atom. The van der Waals surface area contributed by atoms with E-state index in [0.717, 1.165) is 30.7 Å². The molecule has 0 unspecified atom stereocenters. The SMILES string of the molecule is Nc1cc(OC(F)F)n(-c2cnc3cnn(CC4CCOCC4)c3n2)n1. The van der Waals surface area contributed by atoms with E-state index < -0.39 is 6.61 Å². The van der Waals surface area contributed by atoms with Crippen molar-refractivity contribution < 1.29 is 18.3 Å². The van der Waals surface area contributed by atoms with Crippen LogP contribution in [-0.2, 0) is 11.3 Å². The lowest BCUT2D eigenvalue weighted by Gasteiger charge is -2.21. The zero-order chi connectivity index (χ0) is 18.1. The molecule has 11 heteroatoms. The Balaban J connectivity index is 1.68. The van der Waals surface area contributed by atoms with Crippen molar-refractivity contribution in [2.75, 3.05) is 18.9 Å². The second kappa shape index (κ2) is 6.83. The molecule has 0 atom stereocenters. The van der Waals surface area contributed by atoms with Gasteiger partial charge in [-0.3, -0.25) is 0 Å². The van der Waals surface area contributed by atoms with Crippen LogP contribution in [0.25, 0.3) is 17.0 Å². The standard InChI is InChI=1S/C15H17F2N7O2/c16-15(17)26-13-5-11(18)22-24(13)12-7-19-10-6-20-23(14(10)21-12)8-9-1-3-25-4-2-9/h5-7,9,15H,1-4,8H2,(H2,18,22). The minimum Gasteiger partial charge on any atom is -0.417 e. The average Bonchev–Trinajstić information content (AvgIpc) is 3.18. The number of fused-ring (bicyclic) bond motifs is 1. The molecule has 1 aliphatic heterocycles. The molecule has 0 spiro atoms. The molecule has 1 fully saturated rings. The molecule has 3 aromatic heterocycles. The third-order valence-electron chi connectivity index (χ3n) is 4.23. The number of aromatic nitrogens is 6. The van der Waals surface area contributed by atoms with Gasteiger partial charge in [-0.15, -0.1) is 5.10 Å². The Labute approximate surface area is 146 Å². The van der Waals surface area contributed by atoms with Gasteiger partial charge < -0.3 is 15.2 Å². The number of hydrogen-bond acceptors (Lipinski definition) is 7. The fraction of sp³-hybridized carbons (Fsp3) is 0.467. The fourth-order valence-electron chi connectivity index (χ4n) is 2.97. The van der Waals surface area contributed by atoms with E-state index >= 15 is 0 Å². The van der Waals surface area contributed by atoms with E-state index in [-0.39, 0.29) is 17.5 Å². The number of nitrogen functional groups attached to an aromatic ring is 1. The molecular weight excluding hydrogens is 348 g/mol. The molecule has 2 N–H and O–H groups in total. The summed E-state index contributed by atoms with van der Waals surface area (Å²) < 4.78 is 37.9. The minimum atomic E-state index is -3.00. The van der Waals surface area contributed by atoms with Crippen molar-refractivity contribution in [3.05, 3.63) is 18.5 Å². The molecule has 0 amide bonds. The van der Waals surface area contributed by atoms with Crippen LogP contribution in [-0.4, -0.2) is 49.4 Å². The molecule has 1 aliphatic rings. The van der Waals surface area contributed by atoms with Crippen LogP contribution in [0, 0.1) is 5.92 Å². The molecule has 0 saturated carbocycles. The number of alkyl halides is 2. The van der Waals surface area contributed by atoms with Gasteiger partial charge in [0.25, 0.3) is 0 Å². The van der Waals surface area contributed by atoms with E-state index in [4.69, 9.17) is 10.5 Å². The van der Waals surface area contributed by atoms with Gasteiger partial charge in [-0.1, -0.05) is 0 Å². The predicted octanol–water partition coefficient (Wildman–Crippen LogP) is 1.62. The lowest BCUT2D eigenvalue weighted by atomic mass is 10.0. The van der Waals surface area contributed by atoms with Crippen molar-refractivity contribution in [1.29, 1.82) is 0 Å². The van der Waals surface area contributed by atoms with E-state index in [9.17, 15) is 8.78 Å². The van der Waals surface area contributed by atoms with Crippen molar-refractivity contribution >= 4 is 17.0 Å². The van der Waals surface area contributed by atoms with Crippen molar-refractivity contribution in [3.8, 4) is 11.7 Å². The fourth-order valence-corrected chi connectivity index (χ4v) is 2.97. The summed E-state index contributed by atoms with van der Waals surface area (Å²) in [5.74, 6) is 0.494. The maximum absolute atomic E-state index is 12.6. The molecule has 9 nitrogen and oxygen atoms in total. The van der Waals surface area contributed by atoms with Gasteiger partial charge in [0.15, 0.2) is 11.5 Å². The van der Waals surface area contributed by atoms with E-state index in [2.05, 4.69) is 24.9 Å². The van der Waals surface area contributed by atoms with E-state index in [1.165, 1.54) is 12.3 Å². The Morgan fingerprint density at radius 1 is 1.31 bits per heavy atom. The lowest BCUT2D eigenvalue weighted by Crippen LogP contribution is -2.21. The summed E-state index contributed by atoms with van der Waals surface area (Å²) >= 11 is 0.